The lowest BCUT2D eigenvalue weighted by atomic mass is 10.1. The fourth-order valence-corrected chi connectivity index (χ4v) is 2.33. The molecule has 1 atom stereocenters. The van der Waals surface area contributed by atoms with Crippen LogP contribution in [-0.2, 0) is 16.4 Å². The summed E-state index contributed by atoms with van der Waals surface area (Å²) in [6.45, 7) is 5.10. The summed E-state index contributed by atoms with van der Waals surface area (Å²) in [5.41, 5.74) is 2.81. The zero-order valence-corrected chi connectivity index (χ0v) is 11.2. The standard InChI is InChI=1S/C12H19NO3S/c1-4-11-7-12(6-5-9(11)2)13-17(15,16)10(3)8-14/h5-7,10,13-14H,4,8H2,1-3H3. The van der Waals surface area contributed by atoms with Gasteiger partial charge < -0.3 is 5.11 Å². The zero-order valence-electron chi connectivity index (χ0n) is 10.4. The predicted molar refractivity (Wildman–Crippen MR) is 69.6 cm³/mol. The molecule has 0 saturated heterocycles. The van der Waals surface area contributed by atoms with E-state index in [2.05, 4.69) is 4.72 Å². The maximum Gasteiger partial charge on any atom is 0.237 e. The Labute approximate surface area is 103 Å². The molecular formula is C12H19NO3S. The van der Waals surface area contributed by atoms with E-state index in [9.17, 15) is 8.42 Å². The number of aliphatic hydroxyl groups excluding tert-OH is 1. The lowest BCUT2D eigenvalue weighted by Crippen LogP contribution is -2.28. The average molecular weight is 257 g/mol. The molecule has 0 aliphatic heterocycles. The highest BCUT2D eigenvalue weighted by molar-refractivity contribution is 7.93. The molecule has 2 N–H and O–H groups in total. The van der Waals surface area contributed by atoms with Gasteiger partial charge in [0.15, 0.2) is 0 Å². The summed E-state index contributed by atoms with van der Waals surface area (Å²) in [7, 11) is -3.50. The third-order valence-corrected chi connectivity index (χ3v) is 4.51. The van der Waals surface area contributed by atoms with Crippen LogP contribution in [-0.4, -0.2) is 25.4 Å². The second kappa shape index (κ2) is 5.51. The highest BCUT2D eigenvalue weighted by Crippen LogP contribution is 2.18. The molecule has 0 aliphatic rings. The predicted octanol–water partition coefficient (Wildman–Crippen LogP) is 1.68. The summed E-state index contributed by atoms with van der Waals surface area (Å²) in [5.74, 6) is 0. The van der Waals surface area contributed by atoms with Crippen molar-refractivity contribution >= 4 is 15.7 Å². The molecule has 1 unspecified atom stereocenters. The molecule has 0 fully saturated rings. The van der Waals surface area contributed by atoms with Gasteiger partial charge >= 0.3 is 0 Å². The molecule has 0 amide bonds. The SMILES string of the molecule is CCc1cc(NS(=O)(=O)C(C)CO)ccc1C. The normalized spacial score (nSPS) is 13.4. The first-order valence-electron chi connectivity index (χ1n) is 5.62. The first-order valence-corrected chi connectivity index (χ1v) is 7.17. The Morgan fingerprint density at radius 2 is 2.06 bits per heavy atom. The Bertz CT molecular complexity index is 483. The molecule has 0 aliphatic carbocycles. The summed E-state index contributed by atoms with van der Waals surface area (Å²) in [6.07, 6.45) is 0.858. The summed E-state index contributed by atoms with van der Waals surface area (Å²) >= 11 is 0. The van der Waals surface area contributed by atoms with Crippen LogP contribution in [0.15, 0.2) is 18.2 Å². The minimum absolute atomic E-state index is 0.387. The van der Waals surface area contributed by atoms with Gasteiger partial charge in [-0.15, -0.1) is 0 Å². The van der Waals surface area contributed by atoms with Crippen LogP contribution in [0, 0.1) is 6.92 Å². The first kappa shape index (κ1) is 14.0. The molecule has 1 aromatic rings. The highest BCUT2D eigenvalue weighted by atomic mass is 32.2. The smallest absolute Gasteiger partial charge is 0.237 e. The lowest BCUT2D eigenvalue weighted by molar-refractivity contribution is 0.296. The van der Waals surface area contributed by atoms with Gasteiger partial charge in [-0.3, -0.25) is 4.72 Å². The number of nitrogens with one attached hydrogen (secondary N) is 1. The van der Waals surface area contributed by atoms with Crippen molar-refractivity contribution in [3.8, 4) is 0 Å². The topological polar surface area (TPSA) is 66.4 Å². The Morgan fingerprint density at radius 3 is 2.59 bits per heavy atom. The number of aliphatic hydroxyl groups is 1. The second-order valence-corrected chi connectivity index (χ2v) is 6.23. The van der Waals surface area contributed by atoms with Gasteiger partial charge in [0.1, 0.15) is 5.25 Å². The maximum absolute atomic E-state index is 11.7. The van der Waals surface area contributed by atoms with Gasteiger partial charge in [0.25, 0.3) is 0 Å². The fraction of sp³-hybridized carbons (Fsp3) is 0.500. The van der Waals surface area contributed by atoms with Crippen molar-refractivity contribution in [1.29, 1.82) is 0 Å². The van der Waals surface area contributed by atoms with Crippen LogP contribution in [0.4, 0.5) is 5.69 Å². The molecule has 1 rings (SSSR count). The molecule has 0 spiro atoms. The van der Waals surface area contributed by atoms with Crippen molar-refractivity contribution in [2.45, 2.75) is 32.4 Å². The maximum atomic E-state index is 11.7. The molecule has 0 saturated carbocycles. The number of aryl methyl sites for hydroxylation is 2. The van der Waals surface area contributed by atoms with Gasteiger partial charge in [-0.2, -0.15) is 0 Å². The van der Waals surface area contributed by atoms with E-state index in [-0.39, 0.29) is 6.61 Å². The van der Waals surface area contributed by atoms with Gasteiger partial charge in [0.05, 0.1) is 6.61 Å². The Morgan fingerprint density at radius 1 is 1.41 bits per heavy atom. The second-order valence-electron chi connectivity index (χ2n) is 4.14. The number of benzene rings is 1. The van der Waals surface area contributed by atoms with E-state index in [0.29, 0.717) is 5.69 Å². The molecule has 0 aromatic heterocycles. The van der Waals surface area contributed by atoms with Gasteiger partial charge in [0.2, 0.25) is 10.0 Å². The zero-order chi connectivity index (χ0) is 13.1. The monoisotopic (exact) mass is 257 g/mol. The van der Waals surface area contributed by atoms with Gasteiger partial charge in [-0.05, 0) is 43.5 Å². The van der Waals surface area contributed by atoms with Crippen molar-refractivity contribution in [2.75, 3.05) is 11.3 Å². The van der Waals surface area contributed by atoms with Crippen LogP contribution in [0.5, 0.6) is 0 Å². The highest BCUT2D eigenvalue weighted by Gasteiger charge is 2.19. The Hall–Kier alpha value is -1.07. The van der Waals surface area contributed by atoms with Crippen molar-refractivity contribution in [3.63, 3.8) is 0 Å². The molecule has 0 radical (unpaired) electrons. The Kier molecular flexibility index (Phi) is 4.54. The van der Waals surface area contributed by atoms with Crippen LogP contribution in [0.3, 0.4) is 0 Å². The third kappa shape index (κ3) is 3.44. The molecule has 4 nitrogen and oxygen atoms in total. The summed E-state index contributed by atoms with van der Waals surface area (Å²) in [6, 6.07) is 5.45. The van der Waals surface area contributed by atoms with Gasteiger partial charge in [0, 0.05) is 5.69 Å². The summed E-state index contributed by atoms with van der Waals surface area (Å²) in [5, 5.41) is 8.06. The first-order chi connectivity index (χ1) is 7.90. The minimum atomic E-state index is -3.50. The van der Waals surface area contributed by atoms with E-state index in [1.807, 2.05) is 26.0 Å². The van der Waals surface area contributed by atoms with E-state index in [0.717, 1.165) is 17.5 Å². The lowest BCUT2D eigenvalue weighted by Gasteiger charge is -2.14. The molecule has 17 heavy (non-hydrogen) atoms. The Balaban J connectivity index is 2.96. The summed E-state index contributed by atoms with van der Waals surface area (Å²) < 4.78 is 26.0. The molecule has 96 valence electrons. The van der Waals surface area contributed by atoms with Crippen molar-refractivity contribution in [2.24, 2.45) is 0 Å². The summed E-state index contributed by atoms with van der Waals surface area (Å²) in [4.78, 5) is 0. The quantitative estimate of drug-likeness (QED) is 0.843. The number of sulfonamides is 1. The van der Waals surface area contributed by atoms with Gasteiger partial charge in [-0.25, -0.2) is 8.42 Å². The number of hydrogen-bond donors (Lipinski definition) is 2. The van der Waals surface area contributed by atoms with Crippen LogP contribution in [0.1, 0.15) is 25.0 Å². The van der Waals surface area contributed by atoms with E-state index in [4.69, 9.17) is 5.11 Å². The van der Waals surface area contributed by atoms with E-state index < -0.39 is 15.3 Å². The average Bonchev–Trinajstić information content (AvgIpc) is 2.30. The van der Waals surface area contributed by atoms with E-state index >= 15 is 0 Å². The molecule has 0 bridgehead atoms. The largest absolute Gasteiger partial charge is 0.395 e. The van der Waals surface area contributed by atoms with Crippen molar-refractivity contribution in [1.82, 2.24) is 0 Å². The third-order valence-electron chi connectivity index (χ3n) is 2.78. The number of anilines is 1. The van der Waals surface area contributed by atoms with Crippen molar-refractivity contribution < 1.29 is 13.5 Å². The van der Waals surface area contributed by atoms with Crippen LogP contribution < -0.4 is 4.72 Å². The molecule has 1 aromatic carbocycles. The number of rotatable bonds is 5. The van der Waals surface area contributed by atoms with E-state index in [1.54, 1.807) is 6.07 Å². The molecular weight excluding hydrogens is 238 g/mol. The number of hydrogen-bond acceptors (Lipinski definition) is 3. The fourth-order valence-electron chi connectivity index (χ4n) is 1.48. The minimum Gasteiger partial charge on any atom is -0.395 e. The molecule has 5 heteroatoms. The van der Waals surface area contributed by atoms with Crippen LogP contribution in [0.25, 0.3) is 0 Å². The van der Waals surface area contributed by atoms with Crippen LogP contribution in [0.2, 0.25) is 0 Å². The van der Waals surface area contributed by atoms with E-state index in [1.165, 1.54) is 6.92 Å². The van der Waals surface area contributed by atoms with Crippen molar-refractivity contribution in [3.05, 3.63) is 29.3 Å². The molecule has 0 heterocycles. The van der Waals surface area contributed by atoms with Gasteiger partial charge in [-0.1, -0.05) is 13.0 Å². The van der Waals surface area contributed by atoms with Crippen LogP contribution >= 0.6 is 0 Å².